The molecule has 27 heavy (non-hydrogen) atoms. The molecule has 2 aromatic rings. The van der Waals surface area contributed by atoms with Crippen LogP contribution >= 0.6 is 0 Å². The molecule has 5 nitrogen and oxygen atoms in total. The molecule has 3 rings (SSSR count). The number of benzene rings is 2. The fraction of sp³-hybridized carbons (Fsp3) is 0.409. The molecule has 1 heterocycles. The first-order valence-electron chi connectivity index (χ1n) is 9.57. The molecule has 0 aliphatic carbocycles. The molecule has 2 aromatic carbocycles. The van der Waals surface area contributed by atoms with Crippen molar-refractivity contribution in [2.45, 2.75) is 19.8 Å². The molecular weight excluding hydrogens is 338 g/mol. The minimum Gasteiger partial charge on any atom is -0.497 e. The minimum absolute atomic E-state index is 0.0565. The predicted molar refractivity (Wildman–Crippen MR) is 111 cm³/mol. The molecule has 1 aliphatic heterocycles. The lowest BCUT2D eigenvalue weighted by Crippen LogP contribution is -2.48. The lowest BCUT2D eigenvalue weighted by atomic mass is 10.0. The molecule has 1 amide bonds. The van der Waals surface area contributed by atoms with Gasteiger partial charge in [-0.2, -0.15) is 0 Å². The average molecular weight is 367 g/mol. The Labute approximate surface area is 161 Å². The van der Waals surface area contributed by atoms with Crippen LogP contribution in [0.25, 0.3) is 0 Å². The third-order valence-corrected chi connectivity index (χ3v) is 5.03. The van der Waals surface area contributed by atoms with Gasteiger partial charge in [-0.3, -0.25) is 9.69 Å². The van der Waals surface area contributed by atoms with Gasteiger partial charge in [0.2, 0.25) is 5.91 Å². The fourth-order valence-electron chi connectivity index (χ4n) is 3.46. The van der Waals surface area contributed by atoms with E-state index < -0.39 is 0 Å². The van der Waals surface area contributed by atoms with Gasteiger partial charge in [-0.1, -0.05) is 32.0 Å². The van der Waals surface area contributed by atoms with Gasteiger partial charge < -0.3 is 15.0 Å². The van der Waals surface area contributed by atoms with Gasteiger partial charge in [0.25, 0.3) is 0 Å². The van der Waals surface area contributed by atoms with Crippen LogP contribution in [0.1, 0.15) is 25.3 Å². The van der Waals surface area contributed by atoms with Gasteiger partial charge in [0.1, 0.15) is 5.75 Å². The van der Waals surface area contributed by atoms with Crippen molar-refractivity contribution in [3.8, 4) is 5.75 Å². The molecule has 0 unspecified atom stereocenters. The second-order valence-corrected chi connectivity index (χ2v) is 7.25. The second-order valence-electron chi connectivity index (χ2n) is 7.25. The van der Waals surface area contributed by atoms with Gasteiger partial charge in [0, 0.05) is 37.6 Å². The number of anilines is 2. The van der Waals surface area contributed by atoms with Crippen LogP contribution in [0, 0.1) is 0 Å². The standard InChI is InChI=1S/C22H29N3O2/c1-17(2)20-6-4-5-7-21(20)23-22(26)16-24-12-14-25(15-13-24)18-8-10-19(27-3)11-9-18/h4-11,17H,12-16H2,1-3H3,(H,23,26). The largest absolute Gasteiger partial charge is 0.497 e. The lowest BCUT2D eigenvalue weighted by molar-refractivity contribution is -0.117. The Hall–Kier alpha value is -2.53. The first-order chi connectivity index (χ1) is 13.1. The van der Waals surface area contributed by atoms with Gasteiger partial charge in [0.05, 0.1) is 13.7 Å². The smallest absolute Gasteiger partial charge is 0.238 e. The van der Waals surface area contributed by atoms with Gasteiger partial charge in [-0.15, -0.1) is 0 Å². The van der Waals surface area contributed by atoms with Crippen LogP contribution < -0.4 is 15.0 Å². The maximum absolute atomic E-state index is 12.5. The number of carbonyl (C=O) groups excluding carboxylic acids is 1. The summed E-state index contributed by atoms with van der Waals surface area (Å²) in [5.41, 5.74) is 3.30. The van der Waals surface area contributed by atoms with Crippen molar-refractivity contribution in [3.63, 3.8) is 0 Å². The summed E-state index contributed by atoms with van der Waals surface area (Å²) in [7, 11) is 1.68. The molecule has 5 heteroatoms. The summed E-state index contributed by atoms with van der Waals surface area (Å²) >= 11 is 0. The number of methoxy groups -OCH3 is 1. The third-order valence-electron chi connectivity index (χ3n) is 5.03. The summed E-state index contributed by atoms with van der Waals surface area (Å²) < 4.78 is 5.22. The van der Waals surface area contributed by atoms with Crippen LogP contribution in [0.3, 0.4) is 0 Å². The predicted octanol–water partition coefficient (Wildman–Crippen LogP) is 3.58. The summed E-state index contributed by atoms with van der Waals surface area (Å²) in [5, 5.41) is 3.09. The highest BCUT2D eigenvalue weighted by atomic mass is 16.5. The summed E-state index contributed by atoms with van der Waals surface area (Å²) in [6, 6.07) is 16.2. The molecule has 0 atom stereocenters. The van der Waals surface area contributed by atoms with E-state index in [0.29, 0.717) is 12.5 Å². The number of hydrogen-bond acceptors (Lipinski definition) is 4. The Morgan fingerprint density at radius 2 is 1.70 bits per heavy atom. The number of hydrogen-bond donors (Lipinski definition) is 1. The molecule has 0 bridgehead atoms. The first kappa shape index (κ1) is 19.2. The Morgan fingerprint density at radius 3 is 2.33 bits per heavy atom. The van der Waals surface area contributed by atoms with Gasteiger partial charge >= 0.3 is 0 Å². The molecular formula is C22H29N3O2. The zero-order valence-corrected chi connectivity index (χ0v) is 16.4. The molecule has 0 saturated carbocycles. The van der Waals surface area contributed by atoms with E-state index in [0.717, 1.165) is 37.6 Å². The topological polar surface area (TPSA) is 44.8 Å². The fourth-order valence-corrected chi connectivity index (χ4v) is 3.46. The maximum atomic E-state index is 12.5. The molecule has 0 spiro atoms. The van der Waals surface area contributed by atoms with Crippen molar-refractivity contribution in [2.24, 2.45) is 0 Å². The molecule has 1 fully saturated rings. The number of amides is 1. The second kappa shape index (κ2) is 8.91. The Morgan fingerprint density at radius 1 is 1.04 bits per heavy atom. The molecule has 0 aromatic heterocycles. The van der Waals surface area contributed by atoms with Gasteiger partial charge in [-0.25, -0.2) is 0 Å². The van der Waals surface area contributed by atoms with E-state index in [4.69, 9.17) is 4.74 Å². The van der Waals surface area contributed by atoms with E-state index in [-0.39, 0.29) is 5.91 Å². The Kier molecular flexibility index (Phi) is 6.35. The molecule has 1 aliphatic rings. The van der Waals surface area contributed by atoms with Crippen molar-refractivity contribution in [1.29, 1.82) is 0 Å². The van der Waals surface area contributed by atoms with Crippen LogP contribution in [-0.4, -0.2) is 50.6 Å². The normalized spacial score (nSPS) is 15.0. The number of nitrogens with zero attached hydrogens (tertiary/aromatic N) is 2. The van der Waals surface area contributed by atoms with E-state index in [1.165, 1.54) is 11.3 Å². The molecule has 0 radical (unpaired) electrons. The number of rotatable bonds is 6. The first-order valence-corrected chi connectivity index (χ1v) is 9.57. The highest BCUT2D eigenvalue weighted by molar-refractivity contribution is 5.93. The Bertz CT molecular complexity index is 750. The van der Waals surface area contributed by atoms with Crippen molar-refractivity contribution in [2.75, 3.05) is 50.1 Å². The van der Waals surface area contributed by atoms with Crippen LogP contribution in [-0.2, 0) is 4.79 Å². The minimum atomic E-state index is 0.0565. The van der Waals surface area contributed by atoms with E-state index in [9.17, 15) is 4.79 Å². The molecule has 1 saturated heterocycles. The van der Waals surface area contributed by atoms with Crippen molar-refractivity contribution < 1.29 is 9.53 Å². The molecule has 144 valence electrons. The Balaban J connectivity index is 1.51. The quantitative estimate of drug-likeness (QED) is 0.848. The zero-order chi connectivity index (χ0) is 19.2. The lowest BCUT2D eigenvalue weighted by Gasteiger charge is -2.35. The number of nitrogens with one attached hydrogen (secondary N) is 1. The van der Waals surface area contributed by atoms with Crippen LogP contribution in [0.5, 0.6) is 5.75 Å². The third kappa shape index (κ3) is 5.01. The maximum Gasteiger partial charge on any atom is 0.238 e. The van der Waals surface area contributed by atoms with Crippen molar-refractivity contribution in [3.05, 3.63) is 54.1 Å². The highest BCUT2D eigenvalue weighted by Crippen LogP contribution is 2.24. The number of ether oxygens (including phenoxy) is 1. The highest BCUT2D eigenvalue weighted by Gasteiger charge is 2.20. The van der Waals surface area contributed by atoms with Gasteiger partial charge in [0.15, 0.2) is 0 Å². The van der Waals surface area contributed by atoms with Crippen LogP contribution in [0.4, 0.5) is 11.4 Å². The van der Waals surface area contributed by atoms with Crippen LogP contribution in [0.2, 0.25) is 0 Å². The number of para-hydroxylation sites is 1. The van der Waals surface area contributed by atoms with Gasteiger partial charge in [-0.05, 0) is 41.8 Å². The van der Waals surface area contributed by atoms with Crippen LogP contribution in [0.15, 0.2) is 48.5 Å². The molecule has 1 N–H and O–H groups in total. The summed E-state index contributed by atoms with van der Waals surface area (Å²) in [5.74, 6) is 1.31. The van der Waals surface area contributed by atoms with E-state index in [1.54, 1.807) is 7.11 Å². The SMILES string of the molecule is COc1ccc(N2CCN(CC(=O)Nc3ccccc3C(C)C)CC2)cc1. The summed E-state index contributed by atoms with van der Waals surface area (Å²) in [6.07, 6.45) is 0. The zero-order valence-electron chi connectivity index (χ0n) is 16.4. The summed E-state index contributed by atoms with van der Waals surface area (Å²) in [6.45, 7) is 8.32. The average Bonchev–Trinajstić information content (AvgIpc) is 2.69. The monoisotopic (exact) mass is 367 g/mol. The van der Waals surface area contributed by atoms with Crippen molar-refractivity contribution >= 4 is 17.3 Å². The van der Waals surface area contributed by atoms with E-state index >= 15 is 0 Å². The van der Waals surface area contributed by atoms with E-state index in [2.05, 4.69) is 47.2 Å². The number of carbonyl (C=O) groups is 1. The number of piperazine rings is 1. The van der Waals surface area contributed by atoms with Crippen molar-refractivity contribution in [1.82, 2.24) is 4.90 Å². The summed E-state index contributed by atoms with van der Waals surface area (Å²) in [4.78, 5) is 17.1. The van der Waals surface area contributed by atoms with E-state index in [1.807, 2.05) is 30.3 Å².